The summed E-state index contributed by atoms with van der Waals surface area (Å²) in [5.74, 6) is -0.00349. The van der Waals surface area contributed by atoms with E-state index >= 15 is 0 Å². The van der Waals surface area contributed by atoms with Crippen LogP contribution in [-0.4, -0.2) is 43.2 Å². The first-order chi connectivity index (χ1) is 10.0. The van der Waals surface area contributed by atoms with Gasteiger partial charge in [0.25, 0.3) is 0 Å². The van der Waals surface area contributed by atoms with E-state index in [1.807, 2.05) is 12.1 Å². The van der Waals surface area contributed by atoms with Gasteiger partial charge in [-0.3, -0.25) is 9.69 Å². The third-order valence-corrected chi connectivity index (χ3v) is 3.83. The zero-order chi connectivity index (χ0) is 15.2. The lowest BCUT2D eigenvalue weighted by Gasteiger charge is -2.33. The van der Waals surface area contributed by atoms with Crippen LogP contribution in [0, 0.1) is 0 Å². The van der Waals surface area contributed by atoms with Crippen molar-refractivity contribution in [2.24, 2.45) is 0 Å². The molecule has 1 saturated heterocycles. The largest absolute Gasteiger partial charge is 0.375 e. The van der Waals surface area contributed by atoms with Crippen LogP contribution >= 0.6 is 23.2 Å². The Kier molecular flexibility index (Phi) is 6.30. The number of nitrogens with zero attached hydrogens (tertiary/aromatic N) is 1. The topological polar surface area (TPSA) is 41.6 Å². The van der Waals surface area contributed by atoms with Gasteiger partial charge in [0.05, 0.1) is 12.7 Å². The van der Waals surface area contributed by atoms with E-state index in [2.05, 4.69) is 10.2 Å². The number of nitrogens with one attached hydrogen (secondary N) is 1. The molecule has 0 saturated carbocycles. The van der Waals surface area contributed by atoms with Crippen molar-refractivity contribution in [1.29, 1.82) is 0 Å². The van der Waals surface area contributed by atoms with Crippen molar-refractivity contribution in [3.8, 4) is 0 Å². The number of amides is 1. The van der Waals surface area contributed by atoms with Gasteiger partial charge in [0.2, 0.25) is 5.91 Å². The lowest BCUT2D eigenvalue weighted by atomic mass is 10.1. The average molecular weight is 331 g/mol. The van der Waals surface area contributed by atoms with E-state index in [1.54, 1.807) is 6.07 Å². The lowest BCUT2D eigenvalue weighted by Crippen LogP contribution is -2.43. The van der Waals surface area contributed by atoms with Crippen molar-refractivity contribution < 1.29 is 9.53 Å². The lowest BCUT2D eigenvalue weighted by molar-refractivity contribution is -0.119. The Morgan fingerprint density at radius 2 is 2.10 bits per heavy atom. The molecule has 1 amide bonds. The van der Waals surface area contributed by atoms with Gasteiger partial charge in [0.1, 0.15) is 0 Å². The number of benzene rings is 1. The van der Waals surface area contributed by atoms with Gasteiger partial charge >= 0.3 is 0 Å². The number of morpholine rings is 1. The standard InChI is InChI=1S/C15H20Cl2N2O2/c1-11(20)18-3-2-15-10-19(4-5-21-15)9-12-6-13(16)8-14(17)7-12/h6-8,15H,2-5,9-10H2,1H3,(H,18,20)/t15-/m1/s1. The Bertz CT molecular complexity index is 476. The van der Waals surface area contributed by atoms with Crippen LogP contribution < -0.4 is 5.32 Å². The number of ether oxygens (including phenoxy) is 1. The molecule has 0 unspecified atom stereocenters. The molecule has 1 aromatic carbocycles. The molecule has 1 heterocycles. The predicted molar refractivity (Wildman–Crippen MR) is 84.8 cm³/mol. The summed E-state index contributed by atoms with van der Waals surface area (Å²) >= 11 is 12.1. The number of rotatable bonds is 5. The quantitative estimate of drug-likeness (QED) is 0.902. The molecule has 1 aliphatic rings. The van der Waals surface area contributed by atoms with E-state index in [9.17, 15) is 4.79 Å². The highest BCUT2D eigenvalue weighted by Gasteiger charge is 2.20. The van der Waals surface area contributed by atoms with E-state index in [0.29, 0.717) is 23.2 Å². The molecule has 21 heavy (non-hydrogen) atoms. The summed E-state index contributed by atoms with van der Waals surface area (Å²) in [5, 5.41) is 4.12. The SMILES string of the molecule is CC(=O)NCC[C@@H]1CN(Cc2cc(Cl)cc(Cl)c2)CCO1. The highest BCUT2D eigenvalue weighted by atomic mass is 35.5. The van der Waals surface area contributed by atoms with Gasteiger partial charge in [-0.15, -0.1) is 0 Å². The van der Waals surface area contributed by atoms with Crippen molar-refractivity contribution in [3.05, 3.63) is 33.8 Å². The van der Waals surface area contributed by atoms with Crippen LogP contribution in [0.3, 0.4) is 0 Å². The monoisotopic (exact) mass is 330 g/mol. The van der Waals surface area contributed by atoms with Crippen LogP contribution in [0.15, 0.2) is 18.2 Å². The maximum atomic E-state index is 10.9. The molecular formula is C15H20Cl2N2O2. The molecule has 1 atom stereocenters. The molecule has 2 rings (SSSR count). The first kappa shape index (κ1) is 16.6. The van der Waals surface area contributed by atoms with E-state index in [0.717, 1.165) is 31.6 Å². The second-order valence-electron chi connectivity index (χ2n) is 5.28. The van der Waals surface area contributed by atoms with Gasteiger partial charge in [0, 0.05) is 43.1 Å². The zero-order valence-electron chi connectivity index (χ0n) is 12.1. The summed E-state index contributed by atoms with van der Waals surface area (Å²) < 4.78 is 5.73. The Morgan fingerprint density at radius 3 is 2.76 bits per heavy atom. The number of hydrogen-bond acceptors (Lipinski definition) is 3. The van der Waals surface area contributed by atoms with Gasteiger partial charge < -0.3 is 10.1 Å². The van der Waals surface area contributed by atoms with Gasteiger partial charge in [-0.1, -0.05) is 23.2 Å². The fraction of sp³-hybridized carbons (Fsp3) is 0.533. The van der Waals surface area contributed by atoms with Crippen molar-refractivity contribution >= 4 is 29.1 Å². The summed E-state index contributed by atoms with van der Waals surface area (Å²) in [4.78, 5) is 13.2. The van der Waals surface area contributed by atoms with Gasteiger partial charge in [-0.2, -0.15) is 0 Å². The fourth-order valence-corrected chi connectivity index (χ4v) is 3.04. The van der Waals surface area contributed by atoms with Crippen LogP contribution in [-0.2, 0) is 16.1 Å². The summed E-state index contributed by atoms with van der Waals surface area (Å²) in [7, 11) is 0. The second-order valence-corrected chi connectivity index (χ2v) is 6.15. The van der Waals surface area contributed by atoms with Gasteiger partial charge in [-0.25, -0.2) is 0 Å². The number of carbonyl (C=O) groups excluding carboxylic acids is 1. The van der Waals surface area contributed by atoms with Crippen LogP contribution in [0.5, 0.6) is 0 Å². The Balaban J connectivity index is 1.84. The summed E-state index contributed by atoms with van der Waals surface area (Å²) in [6, 6.07) is 5.62. The van der Waals surface area contributed by atoms with Crippen molar-refractivity contribution in [2.75, 3.05) is 26.2 Å². The molecule has 6 heteroatoms. The van der Waals surface area contributed by atoms with E-state index in [-0.39, 0.29) is 12.0 Å². The van der Waals surface area contributed by atoms with Crippen LogP contribution in [0.25, 0.3) is 0 Å². The Labute approximate surface area is 135 Å². The minimum atomic E-state index is -0.00349. The third-order valence-electron chi connectivity index (χ3n) is 3.39. The number of halogens is 2. The van der Waals surface area contributed by atoms with Crippen LogP contribution in [0.4, 0.5) is 0 Å². The molecule has 4 nitrogen and oxygen atoms in total. The van der Waals surface area contributed by atoms with Crippen LogP contribution in [0.2, 0.25) is 10.0 Å². The van der Waals surface area contributed by atoms with Crippen molar-refractivity contribution in [3.63, 3.8) is 0 Å². The van der Waals surface area contributed by atoms with E-state index in [1.165, 1.54) is 6.92 Å². The minimum Gasteiger partial charge on any atom is -0.375 e. The molecule has 0 aliphatic carbocycles. The average Bonchev–Trinajstić information content (AvgIpc) is 2.37. The normalized spacial score (nSPS) is 19.5. The van der Waals surface area contributed by atoms with Crippen molar-refractivity contribution in [1.82, 2.24) is 10.2 Å². The Hall–Kier alpha value is -0.810. The van der Waals surface area contributed by atoms with Gasteiger partial charge in [0.15, 0.2) is 0 Å². The molecule has 0 bridgehead atoms. The smallest absolute Gasteiger partial charge is 0.216 e. The number of hydrogen-bond donors (Lipinski definition) is 1. The van der Waals surface area contributed by atoms with E-state index in [4.69, 9.17) is 27.9 Å². The zero-order valence-corrected chi connectivity index (χ0v) is 13.6. The second kappa shape index (κ2) is 7.99. The third kappa shape index (κ3) is 5.83. The molecule has 1 fully saturated rings. The highest BCUT2D eigenvalue weighted by Crippen LogP contribution is 2.21. The Morgan fingerprint density at radius 1 is 1.38 bits per heavy atom. The molecule has 0 radical (unpaired) electrons. The summed E-state index contributed by atoms with van der Waals surface area (Å²) in [6.07, 6.45) is 0.979. The first-order valence-corrected chi connectivity index (χ1v) is 7.82. The molecule has 0 aromatic heterocycles. The predicted octanol–water partition coefficient (Wildman–Crippen LogP) is 2.72. The maximum Gasteiger partial charge on any atom is 0.216 e. The fourth-order valence-electron chi connectivity index (χ4n) is 2.47. The molecular weight excluding hydrogens is 311 g/mol. The van der Waals surface area contributed by atoms with E-state index < -0.39 is 0 Å². The molecule has 1 aromatic rings. The van der Waals surface area contributed by atoms with Crippen molar-refractivity contribution in [2.45, 2.75) is 26.0 Å². The summed E-state index contributed by atoms with van der Waals surface area (Å²) in [6.45, 7) is 5.43. The molecule has 1 aliphatic heterocycles. The molecule has 116 valence electrons. The molecule has 1 N–H and O–H groups in total. The first-order valence-electron chi connectivity index (χ1n) is 7.06. The highest BCUT2D eigenvalue weighted by molar-refractivity contribution is 6.34. The van der Waals surface area contributed by atoms with Gasteiger partial charge in [-0.05, 0) is 30.2 Å². The maximum absolute atomic E-state index is 10.9. The van der Waals surface area contributed by atoms with Crippen LogP contribution in [0.1, 0.15) is 18.9 Å². The minimum absolute atomic E-state index is 0.00349. The number of carbonyl (C=O) groups is 1. The summed E-state index contributed by atoms with van der Waals surface area (Å²) in [5.41, 5.74) is 1.11. The molecule has 0 spiro atoms.